The van der Waals surface area contributed by atoms with E-state index in [1.807, 2.05) is 44.3 Å². The highest BCUT2D eigenvalue weighted by Crippen LogP contribution is 2.36. The van der Waals surface area contributed by atoms with Gasteiger partial charge in [-0.1, -0.05) is 30.3 Å². The molecule has 0 bridgehead atoms. The Morgan fingerprint density at radius 3 is 2.57 bits per heavy atom. The second-order valence-corrected chi connectivity index (χ2v) is 5.63. The summed E-state index contributed by atoms with van der Waals surface area (Å²) in [4.78, 5) is 16.4. The first kappa shape index (κ1) is 13.5. The lowest BCUT2D eigenvalue weighted by atomic mass is 10.1. The lowest BCUT2D eigenvalue weighted by molar-refractivity contribution is 0.0692. The van der Waals surface area contributed by atoms with Crippen molar-refractivity contribution in [3.8, 4) is 21.0 Å². The molecule has 21 heavy (non-hydrogen) atoms. The number of carbonyl (C=O) groups is 1. The largest absolute Gasteiger partial charge is 0.476 e. The highest BCUT2D eigenvalue weighted by atomic mass is 32.1. The molecule has 6 heteroatoms. The zero-order chi connectivity index (χ0) is 15.0. The van der Waals surface area contributed by atoms with Crippen molar-refractivity contribution >= 4 is 17.3 Å². The molecule has 1 N–H and O–H groups in total. The van der Waals surface area contributed by atoms with E-state index in [1.165, 1.54) is 11.3 Å². The average molecular weight is 299 g/mol. The molecule has 0 spiro atoms. The van der Waals surface area contributed by atoms with Gasteiger partial charge >= 0.3 is 5.97 Å². The van der Waals surface area contributed by atoms with Gasteiger partial charge in [-0.3, -0.25) is 4.68 Å². The lowest BCUT2D eigenvalue weighted by Crippen LogP contribution is -1.98. The first-order valence-corrected chi connectivity index (χ1v) is 7.18. The van der Waals surface area contributed by atoms with Gasteiger partial charge in [-0.2, -0.15) is 5.10 Å². The van der Waals surface area contributed by atoms with Crippen molar-refractivity contribution < 1.29 is 9.90 Å². The molecule has 0 atom stereocenters. The van der Waals surface area contributed by atoms with Crippen LogP contribution in [0.2, 0.25) is 0 Å². The minimum absolute atomic E-state index is 0.0875. The van der Waals surface area contributed by atoms with Gasteiger partial charge in [0.25, 0.3) is 0 Å². The third kappa shape index (κ3) is 2.34. The van der Waals surface area contributed by atoms with Crippen LogP contribution >= 0.6 is 11.3 Å². The molecule has 0 saturated carbocycles. The van der Waals surface area contributed by atoms with Crippen molar-refractivity contribution in [2.75, 3.05) is 0 Å². The predicted molar refractivity (Wildman–Crippen MR) is 81.4 cm³/mol. The number of aromatic nitrogens is 3. The zero-order valence-corrected chi connectivity index (χ0v) is 12.4. The van der Waals surface area contributed by atoms with Crippen molar-refractivity contribution in [3.05, 3.63) is 47.9 Å². The van der Waals surface area contributed by atoms with E-state index in [0.29, 0.717) is 9.88 Å². The molecule has 0 amide bonds. The minimum atomic E-state index is -1.02. The third-order valence-electron chi connectivity index (χ3n) is 3.33. The quantitative estimate of drug-likeness (QED) is 0.806. The summed E-state index contributed by atoms with van der Waals surface area (Å²) in [7, 11) is 1.85. The van der Waals surface area contributed by atoms with Gasteiger partial charge in [-0.25, -0.2) is 9.78 Å². The van der Waals surface area contributed by atoms with Crippen LogP contribution in [0.3, 0.4) is 0 Å². The summed E-state index contributed by atoms with van der Waals surface area (Å²) < 4.78 is 1.75. The molecule has 2 aromatic heterocycles. The summed E-state index contributed by atoms with van der Waals surface area (Å²) in [5, 5.41) is 14.2. The second kappa shape index (κ2) is 5.14. The Balaban J connectivity index is 2.18. The topological polar surface area (TPSA) is 68.0 Å². The number of hydrogen-bond acceptors (Lipinski definition) is 4. The summed E-state index contributed by atoms with van der Waals surface area (Å²) in [6.45, 7) is 1.94. The van der Waals surface area contributed by atoms with Crippen LogP contribution in [0.15, 0.2) is 36.5 Å². The molecule has 5 nitrogen and oxygen atoms in total. The molecule has 0 aliphatic heterocycles. The zero-order valence-electron chi connectivity index (χ0n) is 11.6. The Hall–Kier alpha value is -2.47. The first-order valence-electron chi connectivity index (χ1n) is 6.36. The van der Waals surface area contributed by atoms with E-state index < -0.39 is 5.97 Å². The molecule has 2 heterocycles. The van der Waals surface area contributed by atoms with Gasteiger partial charge in [0.1, 0.15) is 5.01 Å². The third-order valence-corrected chi connectivity index (χ3v) is 4.47. The maximum Gasteiger partial charge on any atom is 0.356 e. The van der Waals surface area contributed by atoms with Gasteiger partial charge in [0.05, 0.1) is 16.6 Å². The van der Waals surface area contributed by atoms with Crippen molar-refractivity contribution in [2.45, 2.75) is 6.92 Å². The van der Waals surface area contributed by atoms with Gasteiger partial charge in [0.15, 0.2) is 5.69 Å². The average Bonchev–Trinajstić information content (AvgIpc) is 3.05. The van der Waals surface area contributed by atoms with E-state index in [2.05, 4.69) is 10.1 Å². The molecule has 3 rings (SSSR count). The molecule has 0 unspecified atom stereocenters. The Bertz CT molecular complexity index is 806. The summed E-state index contributed by atoms with van der Waals surface area (Å²) in [6, 6.07) is 9.45. The highest BCUT2D eigenvalue weighted by molar-refractivity contribution is 7.18. The van der Waals surface area contributed by atoms with Crippen molar-refractivity contribution in [3.63, 3.8) is 0 Å². The maximum absolute atomic E-state index is 11.5. The van der Waals surface area contributed by atoms with E-state index in [1.54, 1.807) is 10.9 Å². The molecule has 106 valence electrons. The van der Waals surface area contributed by atoms with Crippen LogP contribution in [0.1, 0.15) is 16.2 Å². The molecular formula is C15H13N3O2S. The predicted octanol–water partition coefficient (Wildman–Crippen LogP) is 3.22. The van der Waals surface area contributed by atoms with E-state index in [-0.39, 0.29) is 5.69 Å². The second-order valence-electron chi connectivity index (χ2n) is 4.64. The number of aromatic carboxylic acids is 1. The summed E-state index contributed by atoms with van der Waals surface area (Å²) in [6.07, 6.45) is 1.72. The van der Waals surface area contributed by atoms with Gasteiger partial charge in [-0.05, 0) is 12.5 Å². The van der Waals surface area contributed by atoms with E-state index in [4.69, 9.17) is 0 Å². The maximum atomic E-state index is 11.5. The number of carboxylic acid groups (broad SMARTS) is 1. The number of hydrogen-bond donors (Lipinski definition) is 1. The molecular weight excluding hydrogens is 286 g/mol. The van der Waals surface area contributed by atoms with E-state index >= 15 is 0 Å². The molecule has 0 radical (unpaired) electrons. The van der Waals surface area contributed by atoms with Gasteiger partial charge in [0.2, 0.25) is 0 Å². The Morgan fingerprint density at radius 1 is 1.29 bits per heavy atom. The van der Waals surface area contributed by atoms with E-state index in [0.717, 1.165) is 16.8 Å². The van der Waals surface area contributed by atoms with Gasteiger partial charge in [-0.15, -0.1) is 11.3 Å². The Morgan fingerprint density at radius 2 is 2.00 bits per heavy atom. The van der Waals surface area contributed by atoms with Crippen LogP contribution in [0.25, 0.3) is 21.0 Å². The van der Waals surface area contributed by atoms with E-state index in [9.17, 15) is 9.90 Å². The first-order chi connectivity index (χ1) is 10.1. The molecule has 0 fully saturated rings. The van der Waals surface area contributed by atoms with Crippen molar-refractivity contribution in [1.29, 1.82) is 0 Å². The molecule has 3 aromatic rings. The standard InChI is InChI=1S/C15H13N3O2S/c1-9-11(8-16-18(9)2)14-17-12(15(19)20)13(21-14)10-6-4-3-5-7-10/h3-8H,1-2H3,(H,19,20). The van der Waals surface area contributed by atoms with Gasteiger partial charge < -0.3 is 5.11 Å². The number of rotatable bonds is 3. The van der Waals surface area contributed by atoms with Gasteiger partial charge in [0, 0.05) is 12.7 Å². The summed E-state index contributed by atoms with van der Waals surface area (Å²) in [5.41, 5.74) is 2.78. The Kier molecular flexibility index (Phi) is 3.31. The van der Waals surface area contributed by atoms with Crippen LogP contribution in [-0.4, -0.2) is 25.8 Å². The monoisotopic (exact) mass is 299 g/mol. The number of aryl methyl sites for hydroxylation is 1. The van der Waals surface area contributed by atoms with Crippen LogP contribution in [0, 0.1) is 6.92 Å². The summed E-state index contributed by atoms with van der Waals surface area (Å²) in [5.74, 6) is -1.02. The molecule has 0 aliphatic carbocycles. The van der Waals surface area contributed by atoms with Crippen LogP contribution < -0.4 is 0 Å². The smallest absolute Gasteiger partial charge is 0.356 e. The van der Waals surface area contributed by atoms with Crippen molar-refractivity contribution in [1.82, 2.24) is 14.8 Å². The minimum Gasteiger partial charge on any atom is -0.476 e. The number of benzene rings is 1. The Labute approximate surface area is 125 Å². The molecule has 0 aliphatic rings. The number of nitrogens with zero attached hydrogens (tertiary/aromatic N) is 3. The van der Waals surface area contributed by atoms with Crippen LogP contribution in [0.5, 0.6) is 0 Å². The normalized spacial score (nSPS) is 10.8. The fraction of sp³-hybridized carbons (Fsp3) is 0.133. The number of thiazole rings is 1. The molecule has 0 saturated heterocycles. The van der Waals surface area contributed by atoms with Crippen molar-refractivity contribution in [2.24, 2.45) is 7.05 Å². The SMILES string of the molecule is Cc1c(-c2nc(C(=O)O)c(-c3ccccc3)s2)cnn1C. The lowest BCUT2D eigenvalue weighted by Gasteiger charge is -1.97. The summed E-state index contributed by atoms with van der Waals surface area (Å²) >= 11 is 1.38. The van der Waals surface area contributed by atoms with Crippen LogP contribution in [0.4, 0.5) is 0 Å². The number of carboxylic acids is 1. The molecule has 1 aromatic carbocycles. The fourth-order valence-corrected chi connectivity index (χ4v) is 3.20. The fourth-order valence-electron chi connectivity index (χ4n) is 2.07. The van der Waals surface area contributed by atoms with Crippen LogP contribution in [-0.2, 0) is 7.05 Å². The highest BCUT2D eigenvalue weighted by Gasteiger charge is 2.21.